The number of nitro benzene ring substituents is 1. The van der Waals surface area contributed by atoms with Crippen molar-refractivity contribution in [3.05, 3.63) is 99.2 Å². The molecular weight excluding hydrogens is 480 g/mol. The third kappa shape index (κ3) is 5.61. The molecule has 0 aliphatic rings. The minimum Gasteiger partial charge on any atom is -0.500 e. The van der Waals surface area contributed by atoms with E-state index in [2.05, 4.69) is 27.2 Å². The molecule has 11 nitrogen and oxygen atoms in total. The summed E-state index contributed by atoms with van der Waals surface area (Å²) in [5.74, 6) is -0.211. The van der Waals surface area contributed by atoms with Crippen LogP contribution in [0.15, 0.2) is 70.2 Å². The van der Waals surface area contributed by atoms with Gasteiger partial charge in [0, 0.05) is 28.7 Å². The number of phenolic OH excluding ortho intramolecular Hbond substituents is 1. The molecule has 0 radical (unpaired) electrons. The lowest BCUT2D eigenvalue weighted by Gasteiger charge is -2.10. The van der Waals surface area contributed by atoms with Gasteiger partial charge in [-0.3, -0.25) is 14.9 Å². The Bertz CT molecular complexity index is 1450. The first-order valence-electron chi connectivity index (χ1n) is 11.1. The summed E-state index contributed by atoms with van der Waals surface area (Å²) in [5.41, 5.74) is 5.29. The van der Waals surface area contributed by atoms with Crippen molar-refractivity contribution in [3.8, 4) is 22.9 Å². The fourth-order valence-corrected chi connectivity index (χ4v) is 3.70. The van der Waals surface area contributed by atoms with Crippen molar-refractivity contribution in [1.29, 1.82) is 0 Å². The van der Waals surface area contributed by atoms with Crippen LogP contribution in [-0.2, 0) is 6.61 Å². The summed E-state index contributed by atoms with van der Waals surface area (Å²) in [7, 11) is 1.26. The van der Waals surface area contributed by atoms with E-state index in [4.69, 9.17) is 13.9 Å². The first-order valence-corrected chi connectivity index (χ1v) is 11.1. The van der Waals surface area contributed by atoms with E-state index >= 15 is 0 Å². The highest BCUT2D eigenvalue weighted by Crippen LogP contribution is 2.36. The first kappa shape index (κ1) is 25.0. The molecular formula is C26H24N4O7. The van der Waals surface area contributed by atoms with E-state index in [1.807, 2.05) is 38.1 Å². The van der Waals surface area contributed by atoms with Crippen LogP contribution >= 0.6 is 0 Å². The molecule has 0 aliphatic carbocycles. The molecule has 4 rings (SSSR count). The van der Waals surface area contributed by atoms with Crippen molar-refractivity contribution in [2.75, 3.05) is 7.11 Å². The number of aromatic hydroxyl groups is 1. The standard InChI is InChI=1S/C26H24N4O7/c1-16-4-5-17(2)29(16)19-6-8-20(9-7-19)36-15-21-10-11-23(37-21)26(32)28-27-14-18-12-22(30(33)34)25(31)24(13-18)35-3/h4-14,31H,15H2,1-3H3,(H,28,32)/b27-14+. The molecule has 0 spiro atoms. The van der Waals surface area contributed by atoms with E-state index in [-0.39, 0.29) is 23.7 Å². The second-order valence-corrected chi connectivity index (χ2v) is 8.05. The molecule has 0 aliphatic heterocycles. The predicted octanol–water partition coefficient (Wildman–Crippen LogP) is 4.65. The maximum Gasteiger partial charge on any atom is 0.315 e. The van der Waals surface area contributed by atoms with Crippen molar-refractivity contribution in [2.24, 2.45) is 5.10 Å². The van der Waals surface area contributed by atoms with Gasteiger partial charge >= 0.3 is 11.6 Å². The minimum absolute atomic E-state index is 0.0129. The highest BCUT2D eigenvalue weighted by Gasteiger charge is 2.19. The highest BCUT2D eigenvalue weighted by atomic mass is 16.6. The number of hydrazone groups is 1. The average molecular weight is 504 g/mol. The number of amides is 1. The van der Waals surface area contributed by atoms with Crippen LogP contribution in [0.1, 0.15) is 33.3 Å². The van der Waals surface area contributed by atoms with Crippen molar-refractivity contribution in [2.45, 2.75) is 20.5 Å². The van der Waals surface area contributed by atoms with E-state index < -0.39 is 22.3 Å². The molecule has 1 amide bonds. The van der Waals surface area contributed by atoms with E-state index in [0.717, 1.165) is 23.1 Å². The van der Waals surface area contributed by atoms with Gasteiger partial charge in [0.1, 0.15) is 18.1 Å². The fraction of sp³-hybridized carbons (Fsp3) is 0.154. The summed E-state index contributed by atoms with van der Waals surface area (Å²) >= 11 is 0. The van der Waals surface area contributed by atoms with Crippen molar-refractivity contribution in [3.63, 3.8) is 0 Å². The normalized spacial score (nSPS) is 11.0. The molecule has 2 N–H and O–H groups in total. The number of carbonyl (C=O) groups excluding carboxylic acids is 1. The van der Waals surface area contributed by atoms with Gasteiger partial charge in [-0.2, -0.15) is 5.10 Å². The van der Waals surface area contributed by atoms with Gasteiger partial charge in [-0.05, 0) is 68.4 Å². The SMILES string of the molecule is COc1cc(/C=N/NC(=O)c2ccc(COc3ccc(-n4c(C)ccc4C)cc3)o2)cc([N+](=O)[O-])c1O. The van der Waals surface area contributed by atoms with E-state index in [0.29, 0.717) is 11.5 Å². The lowest BCUT2D eigenvalue weighted by Crippen LogP contribution is -2.16. The van der Waals surface area contributed by atoms with Crippen molar-refractivity contribution >= 4 is 17.8 Å². The third-order valence-corrected chi connectivity index (χ3v) is 5.51. The molecule has 37 heavy (non-hydrogen) atoms. The van der Waals surface area contributed by atoms with Gasteiger partial charge in [0.05, 0.1) is 18.2 Å². The largest absolute Gasteiger partial charge is 0.500 e. The van der Waals surface area contributed by atoms with Gasteiger partial charge in [-0.25, -0.2) is 5.43 Å². The number of ether oxygens (including phenoxy) is 2. The van der Waals surface area contributed by atoms with E-state index in [1.54, 1.807) is 6.07 Å². The second-order valence-electron chi connectivity index (χ2n) is 8.05. The molecule has 190 valence electrons. The predicted molar refractivity (Wildman–Crippen MR) is 135 cm³/mol. The van der Waals surface area contributed by atoms with Gasteiger partial charge < -0.3 is 23.6 Å². The van der Waals surface area contributed by atoms with Gasteiger partial charge in [0.25, 0.3) is 0 Å². The average Bonchev–Trinajstić information content (AvgIpc) is 3.50. The molecule has 11 heteroatoms. The molecule has 0 saturated heterocycles. The molecule has 0 unspecified atom stereocenters. The number of benzene rings is 2. The van der Waals surface area contributed by atoms with Gasteiger partial charge in [-0.1, -0.05) is 0 Å². The Balaban J connectivity index is 1.34. The Kier molecular flexibility index (Phi) is 7.23. The molecule has 2 aromatic carbocycles. The van der Waals surface area contributed by atoms with Crippen LogP contribution in [0.5, 0.6) is 17.2 Å². The Morgan fingerprint density at radius 3 is 2.49 bits per heavy atom. The number of nitrogens with one attached hydrogen (secondary N) is 1. The van der Waals surface area contributed by atoms with Gasteiger partial charge in [0.15, 0.2) is 11.5 Å². The molecule has 0 saturated carbocycles. The summed E-state index contributed by atoms with van der Waals surface area (Å²) in [6.07, 6.45) is 1.18. The first-order chi connectivity index (χ1) is 17.8. The zero-order chi connectivity index (χ0) is 26.5. The number of furan rings is 1. The molecule has 0 bridgehead atoms. The van der Waals surface area contributed by atoms with Crippen LogP contribution in [0.3, 0.4) is 0 Å². The zero-order valence-electron chi connectivity index (χ0n) is 20.3. The monoisotopic (exact) mass is 504 g/mol. The topological polar surface area (TPSA) is 141 Å². The molecule has 0 atom stereocenters. The van der Waals surface area contributed by atoms with Crippen LogP contribution in [0.25, 0.3) is 5.69 Å². The minimum atomic E-state index is -0.751. The van der Waals surface area contributed by atoms with Crippen LogP contribution < -0.4 is 14.9 Å². The van der Waals surface area contributed by atoms with Crippen LogP contribution in [0, 0.1) is 24.0 Å². The number of phenols is 1. The Labute approximate surface area is 211 Å². The number of nitrogens with zero attached hydrogens (tertiary/aromatic N) is 3. The number of nitro groups is 1. The molecule has 2 aromatic heterocycles. The van der Waals surface area contributed by atoms with Crippen LogP contribution in [-0.4, -0.2) is 33.8 Å². The Morgan fingerprint density at radius 1 is 1.14 bits per heavy atom. The Morgan fingerprint density at radius 2 is 1.84 bits per heavy atom. The maximum absolute atomic E-state index is 12.3. The summed E-state index contributed by atoms with van der Waals surface area (Å²) in [5, 5.41) is 24.7. The number of carbonyl (C=O) groups is 1. The van der Waals surface area contributed by atoms with Gasteiger partial charge in [-0.15, -0.1) is 0 Å². The van der Waals surface area contributed by atoms with Crippen molar-refractivity contribution < 1.29 is 28.7 Å². The van der Waals surface area contributed by atoms with E-state index in [9.17, 15) is 20.0 Å². The fourth-order valence-electron chi connectivity index (χ4n) is 3.70. The summed E-state index contributed by atoms with van der Waals surface area (Å²) in [4.78, 5) is 22.7. The number of aryl methyl sites for hydroxylation is 2. The zero-order valence-corrected chi connectivity index (χ0v) is 20.3. The van der Waals surface area contributed by atoms with Crippen LogP contribution in [0.2, 0.25) is 0 Å². The summed E-state index contributed by atoms with van der Waals surface area (Å²) in [6, 6.07) is 17.3. The van der Waals surface area contributed by atoms with Crippen molar-refractivity contribution in [1.82, 2.24) is 9.99 Å². The van der Waals surface area contributed by atoms with E-state index in [1.165, 1.54) is 25.5 Å². The smallest absolute Gasteiger partial charge is 0.315 e. The summed E-state index contributed by atoms with van der Waals surface area (Å²) < 4.78 is 18.4. The number of hydrogen-bond donors (Lipinski definition) is 2. The second kappa shape index (κ2) is 10.7. The Hall–Kier alpha value is -5.06. The number of rotatable bonds is 9. The molecule has 2 heterocycles. The lowest BCUT2D eigenvalue weighted by atomic mass is 10.2. The number of hydrogen-bond acceptors (Lipinski definition) is 8. The number of methoxy groups -OCH3 is 1. The number of aromatic nitrogens is 1. The molecule has 0 fully saturated rings. The van der Waals surface area contributed by atoms with Crippen LogP contribution in [0.4, 0.5) is 5.69 Å². The lowest BCUT2D eigenvalue weighted by molar-refractivity contribution is -0.386. The summed E-state index contributed by atoms with van der Waals surface area (Å²) in [6.45, 7) is 4.21. The highest BCUT2D eigenvalue weighted by molar-refractivity contribution is 5.92. The maximum atomic E-state index is 12.3. The third-order valence-electron chi connectivity index (χ3n) is 5.51. The quantitative estimate of drug-likeness (QED) is 0.192. The van der Waals surface area contributed by atoms with Gasteiger partial charge in [0.2, 0.25) is 5.75 Å². The molecule has 4 aromatic rings.